The zero-order valence-electron chi connectivity index (χ0n) is 16.0. The van der Waals surface area contributed by atoms with Gasteiger partial charge >= 0.3 is 5.69 Å². The zero-order valence-corrected chi connectivity index (χ0v) is 16.8. The molecule has 0 atom stereocenters. The van der Waals surface area contributed by atoms with Crippen molar-refractivity contribution < 1.29 is 4.52 Å². The summed E-state index contributed by atoms with van der Waals surface area (Å²) in [6.07, 6.45) is 3.00. The van der Waals surface area contributed by atoms with Crippen molar-refractivity contribution >= 4 is 22.8 Å². The van der Waals surface area contributed by atoms with E-state index in [0.717, 1.165) is 17.7 Å². The standard InChI is InChI=1S/C18H24N6O3S/c1-3-4-10-24-15(19)14(17(25)21-18(24)26)23(2)9-5-8-13-20-16(22-27-13)12-7-6-11-28-12/h6-7,11H,3-5,8-10,19H2,1-2H3,(H,21,25,26). The van der Waals surface area contributed by atoms with E-state index < -0.39 is 11.2 Å². The largest absolute Gasteiger partial charge is 0.383 e. The first-order valence-corrected chi connectivity index (χ1v) is 10.1. The highest BCUT2D eigenvalue weighted by Crippen LogP contribution is 2.22. The van der Waals surface area contributed by atoms with Gasteiger partial charge in [-0.05, 0) is 24.3 Å². The number of nitrogens with one attached hydrogen (secondary N) is 1. The summed E-state index contributed by atoms with van der Waals surface area (Å²) >= 11 is 1.55. The topological polar surface area (TPSA) is 123 Å². The maximum absolute atomic E-state index is 12.3. The van der Waals surface area contributed by atoms with Gasteiger partial charge in [-0.1, -0.05) is 24.6 Å². The minimum absolute atomic E-state index is 0.197. The molecule has 3 rings (SSSR count). The summed E-state index contributed by atoms with van der Waals surface area (Å²) in [7, 11) is 1.78. The summed E-state index contributed by atoms with van der Waals surface area (Å²) in [5.74, 6) is 1.33. The molecule has 3 heterocycles. The van der Waals surface area contributed by atoms with Crippen LogP contribution in [-0.2, 0) is 13.0 Å². The molecule has 0 aliphatic carbocycles. The normalized spacial score (nSPS) is 11.1. The van der Waals surface area contributed by atoms with E-state index in [0.29, 0.717) is 43.3 Å². The summed E-state index contributed by atoms with van der Waals surface area (Å²) < 4.78 is 6.71. The number of hydrogen-bond donors (Lipinski definition) is 2. The minimum Gasteiger partial charge on any atom is -0.383 e. The predicted molar refractivity (Wildman–Crippen MR) is 110 cm³/mol. The SMILES string of the molecule is CCCCn1c(N)c(N(C)CCCc2nc(-c3cccs3)no2)c(=O)[nH]c1=O. The third-order valence-corrected chi connectivity index (χ3v) is 5.29. The van der Waals surface area contributed by atoms with Gasteiger partial charge in [0.1, 0.15) is 11.5 Å². The Morgan fingerprint density at radius 3 is 2.89 bits per heavy atom. The third-order valence-electron chi connectivity index (χ3n) is 4.42. The molecule has 9 nitrogen and oxygen atoms in total. The number of nitrogens with zero attached hydrogens (tertiary/aromatic N) is 4. The fourth-order valence-electron chi connectivity index (χ4n) is 2.93. The minimum atomic E-state index is -0.476. The summed E-state index contributed by atoms with van der Waals surface area (Å²) in [5, 5.41) is 5.95. The number of thiophene rings is 1. The second-order valence-electron chi connectivity index (χ2n) is 6.51. The summed E-state index contributed by atoms with van der Waals surface area (Å²) in [6.45, 7) is 3.06. The molecule has 0 aliphatic rings. The Balaban J connectivity index is 1.66. The van der Waals surface area contributed by atoms with Gasteiger partial charge in [-0.25, -0.2) is 4.79 Å². The lowest BCUT2D eigenvalue weighted by Gasteiger charge is -2.21. The van der Waals surface area contributed by atoms with Gasteiger partial charge in [-0.2, -0.15) is 4.98 Å². The highest BCUT2D eigenvalue weighted by Gasteiger charge is 2.16. The van der Waals surface area contributed by atoms with Crippen LogP contribution in [-0.4, -0.2) is 33.3 Å². The van der Waals surface area contributed by atoms with E-state index in [4.69, 9.17) is 10.3 Å². The second-order valence-corrected chi connectivity index (χ2v) is 7.46. The van der Waals surface area contributed by atoms with Crippen molar-refractivity contribution in [1.82, 2.24) is 19.7 Å². The van der Waals surface area contributed by atoms with Crippen molar-refractivity contribution in [2.24, 2.45) is 0 Å². The van der Waals surface area contributed by atoms with Gasteiger partial charge in [-0.3, -0.25) is 14.3 Å². The van der Waals surface area contributed by atoms with Crippen LogP contribution in [0.3, 0.4) is 0 Å². The Bertz CT molecular complexity index is 1020. The van der Waals surface area contributed by atoms with Gasteiger partial charge in [0.15, 0.2) is 0 Å². The Morgan fingerprint density at radius 2 is 2.18 bits per heavy atom. The highest BCUT2D eigenvalue weighted by molar-refractivity contribution is 7.13. The van der Waals surface area contributed by atoms with Crippen molar-refractivity contribution in [3.63, 3.8) is 0 Å². The summed E-state index contributed by atoms with van der Waals surface area (Å²) in [5.41, 5.74) is 5.49. The van der Waals surface area contributed by atoms with E-state index in [-0.39, 0.29) is 5.82 Å². The van der Waals surface area contributed by atoms with Gasteiger partial charge in [-0.15, -0.1) is 11.3 Å². The van der Waals surface area contributed by atoms with E-state index in [1.807, 2.05) is 24.4 Å². The molecule has 10 heteroatoms. The molecule has 0 spiro atoms. The van der Waals surface area contributed by atoms with Crippen LogP contribution in [0.1, 0.15) is 32.1 Å². The molecule has 150 valence electrons. The molecule has 0 fully saturated rings. The fraction of sp³-hybridized carbons (Fsp3) is 0.444. The molecular formula is C18H24N6O3S. The first-order chi connectivity index (χ1) is 13.5. The van der Waals surface area contributed by atoms with Crippen molar-refractivity contribution in [1.29, 1.82) is 0 Å². The number of unbranched alkanes of at least 4 members (excludes halogenated alkanes) is 1. The highest BCUT2D eigenvalue weighted by atomic mass is 32.1. The van der Waals surface area contributed by atoms with Crippen LogP contribution in [0.5, 0.6) is 0 Å². The first kappa shape index (κ1) is 19.9. The molecule has 3 N–H and O–H groups in total. The van der Waals surface area contributed by atoms with Crippen LogP contribution in [0, 0.1) is 0 Å². The number of H-pyrrole nitrogens is 1. The van der Waals surface area contributed by atoms with Gasteiger partial charge < -0.3 is 15.2 Å². The van der Waals surface area contributed by atoms with Gasteiger partial charge in [0, 0.05) is 26.6 Å². The molecule has 0 aliphatic heterocycles. The summed E-state index contributed by atoms with van der Waals surface area (Å²) in [4.78, 5) is 33.8. The third kappa shape index (κ3) is 4.33. The lowest BCUT2D eigenvalue weighted by atomic mass is 10.2. The van der Waals surface area contributed by atoms with Crippen LogP contribution < -0.4 is 21.9 Å². The lowest BCUT2D eigenvalue weighted by Crippen LogP contribution is -2.37. The van der Waals surface area contributed by atoms with Crippen molar-refractivity contribution in [3.8, 4) is 10.7 Å². The molecule has 0 amide bonds. The Hall–Kier alpha value is -2.88. The predicted octanol–water partition coefficient (Wildman–Crippen LogP) is 2.10. The lowest BCUT2D eigenvalue weighted by molar-refractivity contribution is 0.376. The molecular weight excluding hydrogens is 380 g/mol. The molecule has 0 saturated heterocycles. The van der Waals surface area contributed by atoms with Gasteiger partial charge in [0.25, 0.3) is 5.56 Å². The van der Waals surface area contributed by atoms with E-state index >= 15 is 0 Å². The van der Waals surface area contributed by atoms with Crippen molar-refractivity contribution in [3.05, 3.63) is 44.2 Å². The van der Waals surface area contributed by atoms with E-state index in [2.05, 4.69) is 15.1 Å². The Kier molecular flexibility index (Phi) is 6.30. The first-order valence-electron chi connectivity index (χ1n) is 9.21. The number of nitrogens with two attached hydrogens (primary N) is 1. The molecule has 28 heavy (non-hydrogen) atoms. The van der Waals surface area contributed by atoms with Crippen LogP contribution in [0.15, 0.2) is 31.6 Å². The zero-order chi connectivity index (χ0) is 20.1. The number of aromatic amines is 1. The van der Waals surface area contributed by atoms with Gasteiger partial charge in [0.2, 0.25) is 11.7 Å². The molecule has 3 aromatic rings. The maximum Gasteiger partial charge on any atom is 0.330 e. The smallest absolute Gasteiger partial charge is 0.330 e. The molecule has 0 radical (unpaired) electrons. The molecule has 0 aromatic carbocycles. The average Bonchev–Trinajstić information content (AvgIpc) is 3.33. The van der Waals surface area contributed by atoms with Crippen molar-refractivity contribution in [2.75, 3.05) is 24.2 Å². The quantitative estimate of drug-likeness (QED) is 0.560. The van der Waals surface area contributed by atoms with Crippen LogP contribution >= 0.6 is 11.3 Å². The summed E-state index contributed by atoms with van der Waals surface area (Å²) in [6, 6.07) is 3.88. The number of aryl methyl sites for hydroxylation is 1. The van der Waals surface area contributed by atoms with Crippen LogP contribution in [0.4, 0.5) is 11.5 Å². The Labute approximate surface area is 165 Å². The second kappa shape index (κ2) is 8.87. The fourth-order valence-corrected chi connectivity index (χ4v) is 3.58. The molecule has 0 unspecified atom stereocenters. The molecule has 3 aromatic heterocycles. The van der Waals surface area contributed by atoms with Gasteiger partial charge in [0.05, 0.1) is 4.88 Å². The number of rotatable bonds is 9. The maximum atomic E-state index is 12.3. The number of anilines is 2. The number of nitrogen functional groups attached to an aromatic ring is 1. The van der Waals surface area contributed by atoms with Crippen LogP contribution in [0.25, 0.3) is 10.7 Å². The number of aromatic nitrogens is 4. The molecule has 0 bridgehead atoms. The Morgan fingerprint density at radius 1 is 1.36 bits per heavy atom. The van der Waals surface area contributed by atoms with E-state index in [9.17, 15) is 9.59 Å². The van der Waals surface area contributed by atoms with E-state index in [1.165, 1.54) is 4.57 Å². The van der Waals surface area contributed by atoms with E-state index in [1.54, 1.807) is 23.3 Å². The average molecular weight is 404 g/mol. The number of hydrogen-bond acceptors (Lipinski definition) is 8. The molecule has 0 saturated carbocycles. The van der Waals surface area contributed by atoms with Crippen LogP contribution in [0.2, 0.25) is 0 Å². The van der Waals surface area contributed by atoms with Crippen molar-refractivity contribution in [2.45, 2.75) is 39.2 Å². The monoisotopic (exact) mass is 404 g/mol.